The summed E-state index contributed by atoms with van der Waals surface area (Å²) in [7, 11) is -7.82. The van der Waals surface area contributed by atoms with E-state index in [-0.39, 0.29) is 48.0 Å². The molecule has 2 saturated heterocycles. The van der Waals surface area contributed by atoms with Crippen molar-refractivity contribution in [1.29, 1.82) is 0 Å². The highest BCUT2D eigenvalue weighted by molar-refractivity contribution is 7.92. The van der Waals surface area contributed by atoms with E-state index in [2.05, 4.69) is 11.8 Å². The lowest BCUT2D eigenvalue weighted by atomic mass is 9.75. The van der Waals surface area contributed by atoms with Crippen molar-refractivity contribution in [2.45, 2.75) is 41.9 Å². The third kappa shape index (κ3) is 5.32. The lowest BCUT2D eigenvalue weighted by molar-refractivity contribution is -0.0732. The fourth-order valence-corrected chi connectivity index (χ4v) is 10.0. The van der Waals surface area contributed by atoms with Crippen LogP contribution in [0.4, 0.5) is 8.78 Å². The van der Waals surface area contributed by atoms with Crippen molar-refractivity contribution in [3.63, 3.8) is 0 Å². The van der Waals surface area contributed by atoms with Gasteiger partial charge in [0.15, 0.2) is 31.2 Å². The maximum absolute atomic E-state index is 15.5. The lowest BCUT2D eigenvalue weighted by Gasteiger charge is -2.50. The molecule has 0 N–H and O–H groups in total. The van der Waals surface area contributed by atoms with Crippen molar-refractivity contribution in [3.8, 4) is 5.75 Å². The van der Waals surface area contributed by atoms with Crippen LogP contribution >= 0.6 is 11.6 Å². The van der Waals surface area contributed by atoms with Gasteiger partial charge in [0.25, 0.3) is 0 Å². The van der Waals surface area contributed by atoms with Gasteiger partial charge in [-0.2, -0.15) is 0 Å². The van der Waals surface area contributed by atoms with Crippen molar-refractivity contribution >= 4 is 31.3 Å². The Morgan fingerprint density at radius 1 is 1.05 bits per heavy atom. The minimum atomic E-state index is -4.35. The Hall–Kier alpha value is -1.79. The number of nitrogens with zero attached hydrogens (tertiary/aromatic N) is 1. The molecule has 5 rings (SSSR count). The average Bonchev–Trinajstić information content (AvgIpc) is 3.33. The summed E-state index contributed by atoms with van der Waals surface area (Å²) < 4.78 is 94.5. The number of likely N-dealkylation sites (tertiary alicyclic amines) is 1. The molecule has 0 unspecified atom stereocenters. The molecule has 214 valence electrons. The lowest BCUT2D eigenvalue weighted by Crippen LogP contribution is -2.57. The predicted molar refractivity (Wildman–Crippen MR) is 144 cm³/mol. The molecule has 3 heterocycles. The molecule has 39 heavy (non-hydrogen) atoms. The van der Waals surface area contributed by atoms with Gasteiger partial charge in [-0.05, 0) is 68.1 Å². The van der Waals surface area contributed by atoms with E-state index in [1.165, 1.54) is 24.3 Å². The highest BCUT2D eigenvalue weighted by Crippen LogP contribution is 2.56. The maximum Gasteiger partial charge on any atom is 0.189 e. The maximum atomic E-state index is 15.5. The molecule has 4 atom stereocenters. The summed E-state index contributed by atoms with van der Waals surface area (Å²) in [5.74, 6) is -2.85. The van der Waals surface area contributed by atoms with Crippen LogP contribution in [0.15, 0.2) is 41.3 Å². The molecule has 0 radical (unpaired) electrons. The molecule has 2 fully saturated rings. The molecule has 0 aromatic heterocycles. The van der Waals surface area contributed by atoms with Gasteiger partial charge in [-0.1, -0.05) is 18.5 Å². The predicted octanol–water partition coefficient (Wildman–Crippen LogP) is 4.23. The van der Waals surface area contributed by atoms with Gasteiger partial charge in [0, 0.05) is 30.6 Å². The van der Waals surface area contributed by atoms with E-state index in [0.29, 0.717) is 17.5 Å². The highest BCUT2D eigenvalue weighted by Gasteiger charge is 2.61. The van der Waals surface area contributed by atoms with Crippen LogP contribution in [0, 0.1) is 23.5 Å². The standard InChI is InChI=1S/C27H32ClF2NO6S2/c1-18-8-11-31(16-18)12-15-38(32,33)14-9-24-21-17-37-26-23(30)7-6-22(29)25(26)27(21,10-13-36-24)39(34,35)20-4-2-19(28)3-5-20/h2-7,18,21,24H,8-17H2,1H3/t18-,21-,24-,27-/m0/s1. The number of rotatable bonds is 8. The van der Waals surface area contributed by atoms with E-state index in [1.807, 2.05) is 0 Å². The zero-order valence-corrected chi connectivity index (χ0v) is 24.0. The van der Waals surface area contributed by atoms with Gasteiger partial charge in [-0.25, -0.2) is 25.6 Å². The first-order chi connectivity index (χ1) is 18.4. The monoisotopic (exact) mass is 603 g/mol. The third-order valence-electron chi connectivity index (χ3n) is 8.29. The number of halogens is 3. The van der Waals surface area contributed by atoms with Crippen molar-refractivity contribution in [1.82, 2.24) is 4.90 Å². The molecular weight excluding hydrogens is 572 g/mol. The number of sulfone groups is 2. The van der Waals surface area contributed by atoms with Crippen LogP contribution in [0.1, 0.15) is 31.7 Å². The van der Waals surface area contributed by atoms with Crippen LogP contribution in [-0.2, 0) is 29.2 Å². The van der Waals surface area contributed by atoms with Gasteiger partial charge in [-0.3, -0.25) is 0 Å². The van der Waals surface area contributed by atoms with Crippen LogP contribution in [0.25, 0.3) is 0 Å². The summed E-state index contributed by atoms with van der Waals surface area (Å²) in [6, 6.07) is 7.32. The van der Waals surface area contributed by atoms with E-state index in [9.17, 15) is 21.2 Å². The average molecular weight is 604 g/mol. The number of hydrogen-bond donors (Lipinski definition) is 0. The molecule has 7 nitrogen and oxygen atoms in total. The van der Waals surface area contributed by atoms with Crippen molar-refractivity contribution in [2.24, 2.45) is 11.8 Å². The molecular formula is C27H32ClF2NO6S2. The first-order valence-electron chi connectivity index (χ1n) is 13.1. The van der Waals surface area contributed by atoms with Crippen LogP contribution in [-0.4, -0.2) is 72.2 Å². The van der Waals surface area contributed by atoms with Gasteiger partial charge in [0.2, 0.25) is 0 Å². The fraction of sp³-hybridized carbons (Fsp3) is 0.556. The Morgan fingerprint density at radius 3 is 2.46 bits per heavy atom. The van der Waals surface area contributed by atoms with E-state index >= 15 is 4.39 Å². The quantitative estimate of drug-likeness (QED) is 0.446. The van der Waals surface area contributed by atoms with Crippen LogP contribution in [0.5, 0.6) is 5.75 Å². The largest absolute Gasteiger partial charge is 0.490 e. The SMILES string of the molecule is C[C@H]1CCN(CCS(=O)(=O)CC[C@@H]2OCC[C@@]3(S(=O)(=O)c4ccc(Cl)cc4)c4c(F)ccc(F)c4OC[C@@H]23)C1. The molecule has 3 aliphatic heterocycles. The Morgan fingerprint density at radius 2 is 1.77 bits per heavy atom. The van der Waals surface area contributed by atoms with E-state index < -0.39 is 53.8 Å². The number of hydrogen-bond acceptors (Lipinski definition) is 7. The third-order valence-corrected chi connectivity index (χ3v) is 12.8. The Kier molecular flexibility index (Phi) is 8.02. The topological polar surface area (TPSA) is 90.0 Å². The summed E-state index contributed by atoms with van der Waals surface area (Å²) in [5.41, 5.74) is -0.368. The molecule has 0 spiro atoms. The Bertz CT molecular complexity index is 1440. The summed E-state index contributed by atoms with van der Waals surface area (Å²) in [6.45, 7) is 3.98. The minimum absolute atomic E-state index is 0.00943. The molecule has 0 bridgehead atoms. The number of ether oxygens (including phenoxy) is 2. The summed E-state index contributed by atoms with van der Waals surface area (Å²) in [4.78, 5) is 2.04. The molecule has 12 heteroatoms. The second-order valence-electron chi connectivity index (χ2n) is 10.8. The van der Waals surface area contributed by atoms with Crippen molar-refractivity contribution < 1.29 is 35.1 Å². The van der Waals surface area contributed by atoms with Gasteiger partial charge >= 0.3 is 0 Å². The number of benzene rings is 2. The smallest absolute Gasteiger partial charge is 0.189 e. The molecule has 0 amide bonds. The van der Waals surface area contributed by atoms with Crippen molar-refractivity contribution in [2.75, 3.05) is 44.4 Å². The zero-order valence-electron chi connectivity index (χ0n) is 21.6. The zero-order chi connectivity index (χ0) is 28.0. The second-order valence-corrected chi connectivity index (χ2v) is 15.7. The van der Waals surface area contributed by atoms with Crippen molar-refractivity contribution in [3.05, 3.63) is 58.6 Å². The Balaban J connectivity index is 1.48. The highest BCUT2D eigenvalue weighted by atomic mass is 35.5. The molecule has 0 saturated carbocycles. The molecule has 3 aliphatic rings. The first kappa shape index (κ1) is 28.7. The van der Waals surface area contributed by atoms with Crippen LogP contribution in [0.3, 0.4) is 0 Å². The fourth-order valence-electron chi connectivity index (χ4n) is 6.23. The normalized spacial score (nSPS) is 27.5. The molecule has 2 aromatic rings. The minimum Gasteiger partial charge on any atom is -0.490 e. The Labute approximate surface area is 233 Å². The summed E-state index contributed by atoms with van der Waals surface area (Å²) >= 11 is 5.99. The van der Waals surface area contributed by atoms with Gasteiger partial charge in [0.1, 0.15) is 10.6 Å². The van der Waals surface area contributed by atoms with E-state index in [1.54, 1.807) is 0 Å². The first-order valence-corrected chi connectivity index (χ1v) is 16.8. The second kappa shape index (κ2) is 10.9. The van der Waals surface area contributed by atoms with Crippen LogP contribution in [0.2, 0.25) is 5.02 Å². The van der Waals surface area contributed by atoms with E-state index in [0.717, 1.165) is 31.6 Å². The van der Waals surface area contributed by atoms with Gasteiger partial charge < -0.3 is 14.4 Å². The van der Waals surface area contributed by atoms with Crippen LogP contribution < -0.4 is 4.74 Å². The summed E-state index contributed by atoms with van der Waals surface area (Å²) in [5, 5.41) is 0.325. The van der Waals surface area contributed by atoms with Gasteiger partial charge in [0.05, 0.1) is 34.7 Å². The van der Waals surface area contributed by atoms with Gasteiger partial charge in [-0.15, -0.1) is 0 Å². The summed E-state index contributed by atoms with van der Waals surface area (Å²) in [6.07, 6.45) is 0.0471. The molecule has 2 aromatic carbocycles. The molecule has 0 aliphatic carbocycles. The number of fused-ring (bicyclic) bond motifs is 3. The van der Waals surface area contributed by atoms with E-state index in [4.69, 9.17) is 21.1 Å².